The lowest BCUT2D eigenvalue weighted by Crippen LogP contribution is -2.02. The van der Waals surface area contributed by atoms with Crippen LogP contribution in [0.15, 0.2) is 18.2 Å². The quantitative estimate of drug-likeness (QED) is 0.669. The topological polar surface area (TPSA) is 69.6 Å². The van der Waals surface area contributed by atoms with E-state index < -0.39 is 5.97 Å². The van der Waals surface area contributed by atoms with E-state index >= 15 is 0 Å². The maximum Gasteiger partial charge on any atom is 0.337 e. The van der Waals surface area contributed by atoms with Crippen molar-refractivity contribution in [2.24, 2.45) is 0 Å². The molecule has 1 rings (SSSR count). The molecule has 0 saturated carbocycles. The molecule has 14 heavy (non-hydrogen) atoms. The Morgan fingerprint density at radius 1 is 1.36 bits per heavy atom. The number of carbonyl (C=O) groups is 1. The standard InChI is InChI=1S/C9H11NO2.CH4O/c1-6-3-4-7(9(11)12)8(5-6)10-2;1-2/h3-5,10H,1-2H3,(H,11,12);2H,1H3. The Bertz CT molecular complexity index is 310. The number of hydrogen-bond acceptors (Lipinski definition) is 3. The molecule has 0 amide bonds. The Morgan fingerprint density at radius 2 is 1.93 bits per heavy atom. The summed E-state index contributed by atoms with van der Waals surface area (Å²) < 4.78 is 0. The van der Waals surface area contributed by atoms with Crippen LogP contribution in [0.1, 0.15) is 15.9 Å². The van der Waals surface area contributed by atoms with E-state index in [4.69, 9.17) is 10.2 Å². The van der Waals surface area contributed by atoms with Crippen molar-refractivity contribution in [3.8, 4) is 0 Å². The van der Waals surface area contributed by atoms with Gasteiger partial charge in [0.1, 0.15) is 0 Å². The smallest absolute Gasteiger partial charge is 0.337 e. The summed E-state index contributed by atoms with van der Waals surface area (Å²) in [6.07, 6.45) is 0. The summed E-state index contributed by atoms with van der Waals surface area (Å²) >= 11 is 0. The molecule has 3 N–H and O–H groups in total. The number of carboxylic acid groups (broad SMARTS) is 1. The van der Waals surface area contributed by atoms with Gasteiger partial charge < -0.3 is 15.5 Å². The molecule has 0 aromatic heterocycles. The first-order valence-corrected chi connectivity index (χ1v) is 4.11. The molecule has 1 aromatic rings. The minimum absolute atomic E-state index is 0.308. The molecule has 0 radical (unpaired) electrons. The van der Waals surface area contributed by atoms with Crippen LogP contribution in [-0.2, 0) is 0 Å². The lowest BCUT2D eigenvalue weighted by atomic mass is 10.1. The number of aromatic carboxylic acids is 1. The van der Waals surface area contributed by atoms with Crippen LogP contribution in [-0.4, -0.2) is 30.3 Å². The summed E-state index contributed by atoms with van der Waals surface area (Å²) in [7, 11) is 2.71. The number of nitrogens with one attached hydrogen (secondary N) is 1. The Balaban J connectivity index is 0.000000791. The van der Waals surface area contributed by atoms with Crippen molar-refractivity contribution in [3.63, 3.8) is 0 Å². The fourth-order valence-corrected chi connectivity index (χ4v) is 1.05. The fourth-order valence-electron chi connectivity index (χ4n) is 1.05. The third kappa shape index (κ3) is 3.06. The molecular formula is C10H15NO3. The van der Waals surface area contributed by atoms with Gasteiger partial charge in [-0.2, -0.15) is 0 Å². The van der Waals surface area contributed by atoms with E-state index in [2.05, 4.69) is 5.32 Å². The molecule has 4 nitrogen and oxygen atoms in total. The van der Waals surface area contributed by atoms with Crippen LogP contribution in [0.2, 0.25) is 0 Å². The zero-order valence-electron chi connectivity index (χ0n) is 8.53. The monoisotopic (exact) mass is 197 g/mol. The number of benzene rings is 1. The molecule has 0 aliphatic heterocycles. The van der Waals surface area contributed by atoms with Crippen LogP contribution in [0.4, 0.5) is 5.69 Å². The van der Waals surface area contributed by atoms with Crippen LogP contribution in [0.5, 0.6) is 0 Å². The first-order chi connectivity index (χ1) is 6.65. The molecule has 0 heterocycles. The van der Waals surface area contributed by atoms with E-state index in [1.807, 2.05) is 13.0 Å². The van der Waals surface area contributed by atoms with Crippen LogP contribution in [0.25, 0.3) is 0 Å². The fraction of sp³-hybridized carbons (Fsp3) is 0.300. The third-order valence-electron chi connectivity index (χ3n) is 1.67. The number of rotatable bonds is 2. The number of aliphatic hydroxyl groups is 1. The van der Waals surface area contributed by atoms with Crippen molar-refractivity contribution in [1.29, 1.82) is 0 Å². The normalized spacial score (nSPS) is 8.57. The molecule has 0 aliphatic rings. The molecule has 0 fully saturated rings. The molecule has 0 saturated heterocycles. The summed E-state index contributed by atoms with van der Waals surface area (Å²) in [6.45, 7) is 1.92. The maximum atomic E-state index is 10.7. The summed E-state index contributed by atoms with van der Waals surface area (Å²) in [5.74, 6) is -0.903. The van der Waals surface area contributed by atoms with E-state index in [9.17, 15) is 4.79 Å². The highest BCUT2D eigenvalue weighted by Gasteiger charge is 2.07. The Hall–Kier alpha value is -1.55. The minimum atomic E-state index is -0.903. The third-order valence-corrected chi connectivity index (χ3v) is 1.67. The maximum absolute atomic E-state index is 10.7. The van der Waals surface area contributed by atoms with Gasteiger partial charge in [0.2, 0.25) is 0 Å². The molecule has 0 bridgehead atoms. The number of aryl methyl sites for hydroxylation is 1. The van der Waals surface area contributed by atoms with E-state index in [1.54, 1.807) is 19.2 Å². The van der Waals surface area contributed by atoms with E-state index in [0.717, 1.165) is 12.7 Å². The van der Waals surface area contributed by atoms with Gasteiger partial charge in [-0.15, -0.1) is 0 Å². The SMILES string of the molecule is CNc1cc(C)ccc1C(=O)O.CO. The largest absolute Gasteiger partial charge is 0.478 e. The van der Waals surface area contributed by atoms with Gasteiger partial charge >= 0.3 is 5.97 Å². The van der Waals surface area contributed by atoms with Gasteiger partial charge in [-0.1, -0.05) is 6.07 Å². The summed E-state index contributed by atoms with van der Waals surface area (Å²) in [5, 5.41) is 18.6. The number of hydrogen-bond donors (Lipinski definition) is 3. The van der Waals surface area contributed by atoms with Gasteiger partial charge in [-0.3, -0.25) is 0 Å². The lowest BCUT2D eigenvalue weighted by molar-refractivity contribution is 0.0698. The molecular weight excluding hydrogens is 182 g/mol. The minimum Gasteiger partial charge on any atom is -0.478 e. The molecule has 0 spiro atoms. The second-order valence-electron chi connectivity index (χ2n) is 2.60. The first-order valence-electron chi connectivity index (χ1n) is 4.11. The van der Waals surface area contributed by atoms with Gasteiger partial charge in [-0.25, -0.2) is 4.79 Å². The van der Waals surface area contributed by atoms with Crippen LogP contribution < -0.4 is 5.32 Å². The average molecular weight is 197 g/mol. The lowest BCUT2D eigenvalue weighted by Gasteiger charge is -2.05. The van der Waals surface area contributed by atoms with Gasteiger partial charge in [-0.05, 0) is 24.6 Å². The van der Waals surface area contributed by atoms with Crippen LogP contribution >= 0.6 is 0 Å². The highest BCUT2D eigenvalue weighted by atomic mass is 16.4. The average Bonchev–Trinajstić information content (AvgIpc) is 2.20. The zero-order chi connectivity index (χ0) is 11.1. The summed E-state index contributed by atoms with van der Waals surface area (Å²) in [4.78, 5) is 10.7. The predicted octanol–water partition coefficient (Wildman–Crippen LogP) is 1.34. The highest BCUT2D eigenvalue weighted by Crippen LogP contribution is 2.16. The van der Waals surface area contributed by atoms with Crippen LogP contribution in [0.3, 0.4) is 0 Å². The summed E-state index contributed by atoms with van der Waals surface area (Å²) in [6, 6.07) is 5.19. The molecule has 78 valence electrons. The molecule has 0 aliphatic carbocycles. The number of carboxylic acids is 1. The molecule has 0 unspecified atom stereocenters. The Labute approximate surface area is 83.2 Å². The van der Waals surface area contributed by atoms with Gasteiger partial charge in [0.05, 0.1) is 5.56 Å². The van der Waals surface area contributed by atoms with Gasteiger partial charge in [0, 0.05) is 19.8 Å². The zero-order valence-corrected chi connectivity index (χ0v) is 8.53. The Morgan fingerprint density at radius 3 is 2.36 bits per heavy atom. The van der Waals surface area contributed by atoms with Crippen LogP contribution in [0, 0.1) is 6.92 Å². The van der Waals surface area contributed by atoms with E-state index in [-0.39, 0.29) is 0 Å². The summed E-state index contributed by atoms with van der Waals surface area (Å²) in [5.41, 5.74) is 2.01. The van der Waals surface area contributed by atoms with Crippen molar-refractivity contribution >= 4 is 11.7 Å². The molecule has 4 heteroatoms. The molecule has 0 atom stereocenters. The van der Waals surface area contributed by atoms with Crippen molar-refractivity contribution in [2.75, 3.05) is 19.5 Å². The van der Waals surface area contributed by atoms with Gasteiger partial charge in [0.25, 0.3) is 0 Å². The molecule has 1 aromatic carbocycles. The second-order valence-corrected chi connectivity index (χ2v) is 2.60. The van der Waals surface area contributed by atoms with Crippen molar-refractivity contribution in [2.45, 2.75) is 6.92 Å². The number of aliphatic hydroxyl groups excluding tert-OH is 1. The van der Waals surface area contributed by atoms with E-state index in [0.29, 0.717) is 11.3 Å². The Kier molecular flexibility index (Phi) is 5.33. The van der Waals surface area contributed by atoms with Crippen molar-refractivity contribution in [3.05, 3.63) is 29.3 Å². The van der Waals surface area contributed by atoms with Crippen molar-refractivity contribution in [1.82, 2.24) is 0 Å². The van der Waals surface area contributed by atoms with Gasteiger partial charge in [0.15, 0.2) is 0 Å². The van der Waals surface area contributed by atoms with Crippen molar-refractivity contribution < 1.29 is 15.0 Å². The highest BCUT2D eigenvalue weighted by molar-refractivity contribution is 5.94. The first kappa shape index (κ1) is 12.4. The van der Waals surface area contributed by atoms with E-state index in [1.165, 1.54) is 0 Å². The second kappa shape index (κ2) is 5.99. The number of anilines is 1. The predicted molar refractivity (Wildman–Crippen MR) is 55.8 cm³/mol.